The Morgan fingerprint density at radius 2 is 2.09 bits per heavy atom. The molecule has 2 bridgehead atoms. The third-order valence-corrected chi connectivity index (χ3v) is 2.89. The summed E-state index contributed by atoms with van der Waals surface area (Å²) >= 11 is 0. The van der Waals surface area contributed by atoms with Crippen LogP contribution in [-0.2, 0) is 4.79 Å². The van der Waals surface area contributed by atoms with Crippen LogP contribution in [0.1, 0.15) is 6.42 Å². The third kappa shape index (κ3) is 0.807. The Morgan fingerprint density at radius 3 is 2.45 bits per heavy atom. The van der Waals surface area contributed by atoms with Gasteiger partial charge in [-0.15, -0.1) is 0 Å². The van der Waals surface area contributed by atoms with Gasteiger partial charge in [-0.05, 0) is 12.3 Å². The van der Waals surface area contributed by atoms with Gasteiger partial charge in [-0.25, -0.2) is 0 Å². The molecule has 0 amide bonds. The molecule has 4 atom stereocenters. The van der Waals surface area contributed by atoms with Gasteiger partial charge in [-0.1, -0.05) is 12.2 Å². The molecule has 0 saturated heterocycles. The molecular formula is C8H11NO2. The van der Waals surface area contributed by atoms with Gasteiger partial charge in [0.1, 0.15) is 0 Å². The van der Waals surface area contributed by atoms with Crippen LogP contribution < -0.4 is 10.8 Å². The van der Waals surface area contributed by atoms with E-state index >= 15 is 0 Å². The Labute approximate surface area is 64.9 Å². The van der Waals surface area contributed by atoms with Crippen molar-refractivity contribution in [2.45, 2.75) is 12.5 Å². The number of rotatable bonds is 1. The predicted molar refractivity (Wildman–Crippen MR) is 35.9 cm³/mol. The summed E-state index contributed by atoms with van der Waals surface area (Å²) in [6.45, 7) is 0. The van der Waals surface area contributed by atoms with Crippen molar-refractivity contribution < 1.29 is 15.6 Å². The zero-order chi connectivity index (χ0) is 8.01. The molecule has 0 radical (unpaired) electrons. The first-order valence-corrected chi connectivity index (χ1v) is 3.92. The molecular weight excluding hydrogens is 142 g/mol. The van der Waals surface area contributed by atoms with Gasteiger partial charge in [0.25, 0.3) is 0 Å². The zero-order valence-corrected chi connectivity index (χ0v) is 6.19. The van der Waals surface area contributed by atoms with Crippen LogP contribution in [0.3, 0.4) is 0 Å². The summed E-state index contributed by atoms with van der Waals surface area (Å²) in [6.07, 6.45) is 5.04. The van der Waals surface area contributed by atoms with Crippen molar-refractivity contribution in [1.82, 2.24) is 0 Å². The van der Waals surface area contributed by atoms with Crippen LogP contribution in [0.4, 0.5) is 0 Å². The van der Waals surface area contributed by atoms with Crippen molar-refractivity contribution in [3.63, 3.8) is 0 Å². The maximum atomic E-state index is 10.6. The topological polar surface area (TPSA) is 67.8 Å². The molecule has 0 aromatic rings. The summed E-state index contributed by atoms with van der Waals surface area (Å²) in [4.78, 5) is 10.6. The first-order chi connectivity index (χ1) is 5.20. The van der Waals surface area contributed by atoms with Crippen LogP contribution >= 0.6 is 0 Å². The van der Waals surface area contributed by atoms with Crippen LogP contribution in [0, 0.1) is 17.8 Å². The number of allylic oxidation sites excluding steroid dienone is 1. The number of carbonyl (C=O) groups is 1. The summed E-state index contributed by atoms with van der Waals surface area (Å²) < 4.78 is 0. The van der Waals surface area contributed by atoms with Gasteiger partial charge in [0.2, 0.25) is 0 Å². The van der Waals surface area contributed by atoms with Gasteiger partial charge in [0, 0.05) is 5.92 Å². The molecule has 2 aliphatic carbocycles. The second-order valence-electron chi connectivity index (χ2n) is 3.46. The summed E-state index contributed by atoms with van der Waals surface area (Å²) in [5, 5.41) is 10.6. The first kappa shape index (κ1) is 6.85. The highest BCUT2D eigenvalue weighted by Gasteiger charge is 2.45. The number of carboxylic acids is 1. The van der Waals surface area contributed by atoms with E-state index < -0.39 is 5.97 Å². The number of fused-ring (bicyclic) bond motifs is 2. The van der Waals surface area contributed by atoms with E-state index in [9.17, 15) is 9.90 Å². The SMILES string of the molecule is [NH3+][C@@H]1[C@H](C(=O)[O-])[C@H]2C=C[C@@H]1C2. The number of hydrogen-bond donors (Lipinski definition) is 1. The Balaban J connectivity index is 2.25. The Morgan fingerprint density at radius 1 is 1.45 bits per heavy atom. The molecule has 60 valence electrons. The van der Waals surface area contributed by atoms with E-state index in [0.717, 1.165) is 6.42 Å². The van der Waals surface area contributed by atoms with E-state index in [2.05, 4.69) is 11.8 Å². The average Bonchev–Trinajstić information content (AvgIpc) is 2.44. The first-order valence-electron chi connectivity index (χ1n) is 3.92. The Bertz CT molecular complexity index is 224. The molecule has 0 aromatic heterocycles. The lowest BCUT2D eigenvalue weighted by Crippen LogP contribution is -2.68. The average molecular weight is 153 g/mol. The fourth-order valence-electron chi connectivity index (χ4n) is 2.27. The Hall–Kier alpha value is -0.830. The lowest BCUT2D eigenvalue weighted by molar-refractivity contribution is -0.440. The molecule has 0 heterocycles. The maximum Gasteiger partial charge on any atom is 0.0994 e. The van der Waals surface area contributed by atoms with Gasteiger partial charge >= 0.3 is 0 Å². The Kier molecular flexibility index (Phi) is 1.29. The summed E-state index contributed by atoms with van der Waals surface area (Å²) in [5.41, 5.74) is 3.85. The molecule has 2 aliphatic rings. The van der Waals surface area contributed by atoms with Gasteiger partial charge in [0.05, 0.1) is 17.9 Å². The van der Waals surface area contributed by atoms with Gasteiger partial charge in [0.15, 0.2) is 0 Å². The van der Waals surface area contributed by atoms with Crippen LogP contribution in [0.15, 0.2) is 12.2 Å². The van der Waals surface area contributed by atoms with Gasteiger partial charge < -0.3 is 15.6 Å². The minimum atomic E-state index is -0.929. The standard InChI is InChI=1S/C8H11NO2/c9-7-5-2-1-4(3-5)6(7)8(10)11/h1-2,4-7H,3,9H2,(H,10,11)/t4-,5+,6+,7-/m0/s1. The van der Waals surface area contributed by atoms with Gasteiger partial charge in [-0.3, -0.25) is 0 Å². The maximum absolute atomic E-state index is 10.6. The van der Waals surface area contributed by atoms with Crippen molar-refractivity contribution in [3.05, 3.63) is 12.2 Å². The highest BCUT2D eigenvalue weighted by molar-refractivity contribution is 5.70. The monoisotopic (exact) mass is 153 g/mol. The highest BCUT2D eigenvalue weighted by Crippen LogP contribution is 2.41. The number of aliphatic carboxylic acids is 1. The number of hydrogen-bond acceptors (Lipinski definition) is 2. The molecule has 0 aliphatic heterocycles. The number of carboxylic acid groups (broad SMARTS) is 1. The fourth-order valence-corrected chi connectivity index (χ4v) is 2.27. The van der Waals surface area contributed by atoms with E-state index in [1.165, 1.54) is 0 Å². The molecule has 2 rings (SSSR count). The normalized spacial score (nSPS) is 46.6. The van der Waals surface area contributed by atoms with Crippen molar-refractivity contribution in [3.8, 4) is 0 Å². The predicted octanol–water partition coefficient (Wildman–Crippen LogP) is -1.83. The minimum absolute atomic E-state index is 0.0370. The van der Waals surface area contributed by atoms with E-state index in [4.69, 9.17) is 0 Å². The summed E-state index contributed by atoms with van der Waals surface area (Å²) in [5.74, 6) is -0.665. The second kappa shape index (κ2) is 2.08. The fraction of sp³-hybridized carbons (Fsp3) is 0.625. The van der Waals surface area contributed by atoms with Crippen molar-refractivity contribution in [1.29, 1.82) is 0 Å². The molecule has 3 nitrogen and oxygen atoms in total. The summed E-state index contributed by atoms with van der Waals surface area (Å²) in [7, 11) is 0. The molecule has 3 N–H and O–H groups in total. The zero-order valence-electron chi connectivity index (χ0n) is 6.19. The molecule has 0 unspecified atom stereocenters. The number of carbonyl (C=O) groups excluding carboxylic acids is 1. The van der Waals surface area contributed by atoms with E-state index in [-0.39, 0.29) is 17.9 Å². The van der Waals surface area contributed by atoms with Crippen molar-refractivity contribution >= 4 is 5.97 Å². The lowest BCUT2D eigenvalue weighted by Gasteiger charge is -2.22. The molecule has 11 heavy (non-hydrogen) atoms. The lowest BCUT2D eigenvalue weighted by atomic mass is 9.90. The highest BCUT2D eigenvalue weighted by atomic mass is 16.4. The smallest absolute Gasteiger partial charge is 0.0994 e. The molecule has 0 aromatic carbocycles. The van der Waals surface area contributed by atoms with E-state index in [1.54, 1.807) is 0 Å². The molecule has 3 heteroatoms. The quantitative estimate of drug-likeness (QED) is 0.450. The molecule has 1 fully saturated rings. The van der Waals surface area contributed by atoms with Gasteiger partial charge in [-0.2, -0.15) is 0 Å². The van der Waals surface area contributed by atoms with Crippen LogP contribution in [-0.4, -0.2) is 12.0 Å². The van der Waals surface area contributed by atoms with Crippen molar-refractivity contribution in [2.24, 2.45) is 17.8 Å². The van der Waals surface area contributed by atoms with Crippen LogP contribution in [0.2, 0.25) is 0 Å². The van der Waals surface area contributed by atoms with Crippen molar-refractivity contribution in [2.75, 3.05) is 0 Å². The minimum Gasteiger partial charge on any atom is -0.550 e. The van der Waals surface area contributed by atoms with E-state index in [1.807, 2.05) is 6.08 Å². The number of quaternary nitrogens is 1. The second-order valence-corrected chi connectivity index (χ2v) is 3.46. The molecule has 0 spiro atoms. The summed E-state index contributed by atoms with van der Waals surface area (Å²) in [6, 6.07) is 0.0370. The largest absolute Gasteiger partial charge is 0.550 e. The van der Waals surface area contributed by atoms with E-state index in [0.29, 0.717) is 5.92 Å². The third-order valence-electron chi connectivity index (χ3n) is 2.89. The van der Waals surface area contributed by atoms with Crippen LogP contribution in [0.5, 0.6) is 0 Å². The molecule has 1 saturated carbocycles. The van der Waals surface area contributed by atoms with Crippen LogP contribution in [0.25, 0.3) is 0 Å².